The van der Waals surface area contributed by atoms with Crippen LogP contribution in [0.3, 0.4) is 0 Å². The van der Waals surface area contributed by atoms with E-state index in [4.69, 9.17) is 4.74 Å². The average Bonchev–Trinajstić information content (AvgIpc) is 3.01. The molecule has 3 heteroatoms. The summed E-state index contributed by atoms with van der Waals surface area (Å²) in [5.41, 5.74) is -0.270. The van der Waals surface area contributed by atoms with Crippen molar-refractivity contribution in [2.45, 2.75) is 69.9 Å². The summed E-state index contributed by atoms with van der Waals surface area (Å²) in [7, 11) is 0. The molecule has 0 amide bonds. The zero-order chi connectivity index (χ0) is 12.8. The minimum atomic E-state index is -0.270. The molecule has 2 unspecified atom stereocenters. The zero-order valence-electron chi connectivity index (χ0n) is 11.6. The smallest absolute Gasteiger partial charge is 0.109 e. The van der Waals surface area contributed by atoms with Gasteiger partial charge in [0, 0.05) is 6.61 Å². The normalized spacial score (nSPS) is 32.8. The number of hydrogen-bond donors (Lipinski definition) is 1. The Morgan fingerprint density at radius 3 is 2.72 bits per heavy atom. The largest absolute Gasteiger partial charge is 0.378 e. The summed E-state index contributed by atoms with van der Waals surface area (Å²) >= 11 is 0. The highest BCUT2D eigenvalue weighted by Gasteiger charge is 2.42. The van der Waals surface area contributed by atoms with Gasteiger partial charge in [-0.25, -0.2) is 0 Å². The van der Waals surface area contributed by atoms with E-state index in [0.717, 1.165) is 26.0 Å². The Bertz CT molecular complexity index is 293. The molecule has 1 N–H and O–H groups in total. The van der Waals surface area contributed by atoms with Crippen LogP contribution in [-0.2, 0) is 4.74 Å². The summed E-state index contributed by atoms with van der Waals surface area (Å²) in [4.78, 5) is 0. The van der Waals surface area contributed by atoms with Crippen LogP contribution < -0.4 is 5.32 Å². The summed E-state index contributed by atoms with van der Waals surface area (Å²) in [6.07, 6.45) is 10.0. The van der Waals surface area contributed by atoms with Crippen molar-refractivity contribution in [2.75, 3.05) is 13.2 Å². The molecule has 0 heterocycles. The molecule has 0 bridgehead atoms. The Morgan fingerprint density at radius 1 is 1.28 bits per heavy atom. The summed E-state index contributed by atoms with van der Waals surface area (Å²) < 4.78 is 5.94. The van der Waals surface area contributed by atoms with Crippen LogP contribution in [-0.4, -0.2) is 24.8 Å². The fraction of sp³-hybridized carbons (Fsp3) is 0.933. The van der Waals surface area contributed by atoms with Crippen LogP contribution in [0.15, 0.2) is 0 Å². The number of hydrogen-bond acceptors (Lipinski definition) is 3. The van der Waals surface area contributed by atoms with Crippen molar-refractivity contribution in [2.24, 2.45) is 5.92 Å². The number of nitriles is 1. The third-order valence-corrected chi connectivity index (χ3v) is 4.63. The first-order valence-electron chi connectivity index (χ1n) is 7.58. The molecule has 0 spiro atoms. The first kappa shape index (κ1) is 13.8. The van der Waals surface area contributed by atoms with Crippen LogP contribution in [0.1, 0.15) is 58.3 Å². The van der Waals surface area contributed by atoms with E-state index < -0.39 is 0 Å². The second kappa shape index (κ2) is 6.54. The molecule has 2 atom stereocenters. The van der Waals surface area contributed by atoms with Crippen molar-refractivity contribution in [3.63, 3.8) is 0 Å². The van der Waals surface area contributed by atoms with Gasteiger partial charge in [-0.2, -0.15) is 5.26 Å². The lowest BCUT2D eigenvalue weighted by Gasteiger charge is -2.29. The summed E-state index contributed by atoms with van der Waals surface area (Å²) in [5.74, 6) is 0.476. The Labute approximate surface area is 111 Å². The van der Waals surface area contributed by atoms with Gasteiger partial charge < -0.3 is 4.74 Å². The van der Waals surface area contributed by atoms with Crippen molar-refractivity contribution in [3.8, 4) is 6.07 Å². The fourth-order valence-corrected chi connectivity index (χ4v) is 3.64. The molecule has 0 aliphatic heterocycles. The summed E-state index contributed by atoms with van der Waals surface area (Å²) in [5, 5.41) is 12.9. The molecular weight excluding hydrogens is 224 g/mol. The van der Waals surface area contributed by atoms with Crippen molar-refractivity contribution < 1.29 is 4.74 Å². The predicted molar refractivity (Wildman–Crippen MR) is 72.2 cm³/mol. The summed E-state index contributed by atoms with van der Waals surface area (Å²) in [6, 6.07) is 2.54. The SMILES string of the molecule is CCNC1(C#N)CCCC1CCOC1CCCC1. The molecule has 18 heavy (non-hydrogen) atoms. The Morgan fingerprint density at radius 2 is 2.06 bits per heavy atom. The van der Waals surface area contributed by atoms with Gasteiger partial charge in [0.05, 0.1) is 12.2 Å². The molecule has 102 valence electrons. The summed E-state index contributed by atoms with van der Waals surface area (Å²) in [6.45, 7) is 3.81. The van der Waals surface area contributed by atoms with E-state index in [0.29, 0.717) is 12.0 Å². The number of nitrogens with zero attached hydrogens (tertiary/aromatic N) is 1. The van der Waals surface area contributed by atoms with E-state index in [9.17, 15) is 5.26 Å². The van der Waals surface area contributed by atoms with Crippen LogP contribution in [0.4, 0.5) is 0 Å². The van der Waals surface area contributed by atoms with Crippen LogP contribution in [0.5, 0.6) is 0 Å². The van der Waals surface area contributed by atoms with E-state index in [1.807, 2.05) is 0 Å². The van der Waals surface area contributed by atoms with Crippen molar-refractivity contribution in [1.82, 2.24) is 5.32 Å². The Hall–Kier alpha value is -0.590. The van der Waals surface area contributed by atoms with Gasteiger partial charge in [0.25, 0.3) is 0 Å². The van der Waals surface area contributed by atoms with Crippen LogP contribution in [0.2, 0.25) is 0 Å². The lowest BCUT2D eigenvalue weighted by atomic mass is 9.86. The molecule has 2 fully saturated rings. The maximum absolute atomic E-state index is 9.48. The third kappa shape index (κ3) is 3.05. The van der Waals surface area contributed by atoms with E-state index in [1.165, 1.54) is 38.5 Å². The van der Waals surface area contributed by atoms with Gasteiger partial charge in [0.1, 0.15) is 5.54 Å². The van der Waals surface area contributed by atoms with Gasteiger partial charge in [0.2, 0.25) is 0 Å². The lowest BCUT2D eigenvalue weighted by molar-refractivity contribution is 0.0452. The minimum Gasteiger partial charge on any atom is -0.378 e. The topological polar surface area (TPSA) is 45.0 Å². The monoisotopic (exact) mass is 250 g/mol. The van der Waals surface area contributed by atoms with E-state index in [2.05, 4.69) is 18.3 Å². The standard InChI is InChI=1S/C15H26N2O/c1-2-17-15(12-16)10-5-6-13(15)9-11-18-14-7-3-4-8-14/h13-14,17H,2-11H2,1H3. The highest BCUT2D eigenvalue weighted by atomic mass is 16.5. The second-order valence-electron chi connectivity index (χ2n) is 5.77. The van der Waals surface area contributed by atoms with Crippen LogP contribution in [0.25, 0.3) is 0 Å². The highest BCUT2D eigenvalue weighted by molar-refractivity contribution is 5.13. The highest BCUT2D eigenvalue weighted by Crippen LogP contribution is 2.37. The van der Waals surface area contributed by atoms with Gasteiger partial charge in [-0.3, -0.25) is 5.32 Å². The van der Waals surface area contributed by atoms with Gasteiger partial charge in [-0.1, -0.05) is 26.2 Å². The molecule has 2 aliphatic carbocycles. The molecular formula is C15H26N2O. The maximum atomic E-state index is 9.48. The van der Waals surface area contributed by atoms with Crippen molar-refractivity contribution in [1.29, 1.82) is 5.26 Å². The molecule has 2 aliphatic rings. The fourth-order valence-electron chi connectivity index (χ4n) is 3.64. The molecule has 3 nitrogen and oxygen atoms in total. The molecule has 2 rings (SSSR count). The van der Waals surface area contributed by atoms with E-state index in [1.54, 1.807) is 0 Å². The lowest BCUT2D eigenvalue weighted by Crippen LogP contribution is -2.47. The Balaban J connectivity index is 1.78. The predicted octanol–water partition coefficient (Wildman–Crippen LogP) is 3.01. The maximum Gasteiger partial charge on any atom is 0.109 e. The average molecular weight is 250 g/mol. The van der Waals surface area contributed by atoms with Gasteiger partial charge in [0.15, 0.2) is 0 Å². The third-order valence-electron chi connectivity index (χ3n) is 4.63. The van der Waals surface area contributed by atoms with Crippen LogP contribution >= 0.6 is 0 Å². The van der Waals surface area contributed by atoms with Gasteiger partial charge in [-0.15, -0.1) is 0 Å². The van der Waals surface area contributed by atoms with Crippen LogP contribution in [0, 0.1) is 17.2 Å². The number of rotatable bonds is 6. The first-order valence-corrected chi connectivity index (χ1v) is 7.58. The Kier molecular flexibility index (Phi) is 5.03. The van der Waals surface area contributed by atoms with Gasteiger partial charge in [-0.05, 0) is 44.6 Å². The molecule has 0 aromatic heterocycles. The zero-order valence-corrected chi connectivity index (χ0v) is 11.6. The van der Waals surface area contributed by atoms with Gasteiger partial charge >= 0.3 is 0 Å². The number of ether oxygens (including phenoxy) is 1. The number of nitrogens with one attached hydrogen (secondary N) is 1. The van der Waals surface area contributed by atoms with E-state index in [-0.39, 0.29) is 5.54 Å². The quantitative estimate of drug-likeness (QED) is 0.788. The van der Waals surface area contributed by atoms with E-state index >= 15 is 0 Å². The molecule has 2 saturated carbocycles. The first-order chi connectivity index (χ1) is 8.80. The van der Waals surface area contributed by atoms with Crippen molar-refractivity contribution in [3.05, 3.63) is 0 Å². The second-order valence-corrected chi connectivity index (χ2v) is 5.77. The molecule has 0 aromatic carbocycles. The molecule has 0 saturated heterocycles. The molecule has 0 radical (unpaired) electrons. The molecule has 0 aromatic rings. The minimum absolute atomic E-state index is 0.270. The van der Waals surface area contributed by atoms with Crippen molar-refractivity contribution >= 4 is 0 Å².